The summed E-state index contributed by atoms with van der Waals surface area (Å²) in [5.41, 5.74) is 2.61. The van der Waals surface area contributed by atoms with E-state index >= 15 is 0 Å². The van der Waals surface area contributed by atoms with Gasteiger partial charge in [0, 0.05) is 6.08 Å². The Hall–Kier alpha value is -2.13. The number of rotatable bonds is 4. The molecule has 0 amide bonds. The van der Waals surface area contributed by atoms with Crippen LogP contribution in [0.25, 0.3) is 0 Å². The molecule has 0 aliphatic heterocycles. The van der Waals surface area contributed by atoms with Gasteiger partial charge in [0.1, 0.15) is 15.3 Å². The summed E-state index contributed by atoms with van der Waals surface area (Å²) in [4.78, 5) is 11.2. The van der Waals surface area contributed by atoms with Gasteiger partial charge in [-0.3, -0.25) is 0 Å². The van der Waals surface area contributed by atoms with Crippen LogP contribution < -0.4 is 15.1 Å². The molecule has 0 atom stereocenters. The molecule has 0 saturated heterocycles. The highest BCUT2D eigenvalue weighted by molar-refractivity contribution is 6.67. The molecule has 0 aliphatic rings. The highest BCUT2D eigenvalue weighted by Gasteiger charge is 2.06. The minimum atomic E-state index is -0.433. The molecule has 2 rings (SSSR count). The zero-order valence-electron chi connectivity index (χ0n) is 11.6. The molecule has 0 heterocycles. The molecule has 0 aromatic heterocycles. The van der Waals surface area contributed by atoms with Crippen molar-refractivity contribution in [3.8, 4) is 5.75 Å². The van der Waals surface area contributed by atoms with Crippen molar-refractivity contribution in [3.05, 3.63) is 66.2 Å². The van der Waals surface area contributed by atoms with Gasteiger partial charge in [-0.05, 0) is 37.1 Å². The highest BCUT2D eigenvalue weighted by Crippen LogP contribution is 2.08. The monoisotopic (exact) mass is 280 g/mol. The van der Waals surface area contributed by atoms with Gasteiger partial charge in [0.25, 0.3) is 0 Å². The number of carbonyl (C=O) groups excluding carboxylic acids is 1. The number of carbonyl (C=O) groups is 1. The third-order valence-corrected chi connectivity index (χ3v) is 4.51. The van der Waals surface area contributed by atoms with E-state index in [4.69, 9.17) is 4.74 Å². The average molecular weight is 280 g/mol. The Kier molecular flexibility index (Phi) is 4.53. The summed E-state index contributed by atoms with van der Waals surface area (Å²) in [7, 11) is 0.548. The number of ether oxygens (including phenoxy) is 1. The first kappa shape index (κ1) is 14.3. The summed E-state index contributed by atoms with van der Waals surface area (Å²) in [5, 5.41) is 2.46. The number of benzene rings is 2. The normalized spacial score (nSPS) is 10.1. The second-order valence-corrected chi connectivity index (χ2v) is 5.89. The molecular formula is C17H16O2Si. The van der Waals surface area contributed by atoms with E-state index in [-0.39, 0.29) is 0 Å². The van der Waals surface area contributed by atoms with Gasteiger partial charge in [-0.15, -0.1) is 0 Å². The Morgan fingerprint density at radius 1 is 1.20 bits per heavy atom. The van der Waals surface area contributed by atoms with Crippen LogP contribution in [0.15, 0.2) is 55.1 Å². The van der Waals surface area contributed by atoms with Gasteiger partial charge >= 0.3 is 5.97 Å². The van der Waals surface area contributed by atoms with Crippen molar-refractivity contribution < 1.29 is 9.53 Å². The molecular weight excluding hydrogens is 264 g/mol. The number of aryl methyl sites for hydroxylation is 1. The van der Waals surface area contributed by atoms with Crippen molar-refractivity contribution in [3.63, 3.8) is 0 Å². The molecule has 2 aromatic carbocycles. The highest BCUT2D eigenvalue weighted by atomic mass is 28.2. The summed E-state index contributed by atoms with van der Waals surface area (Å²) >= 11 is 0. The summed E-state index contributed by atoms with van der Waals surface area (Å²) < 4.78 is 5.14. The Bertz CT molecular complexity index is 647. The lowest BCUT2D eigenvalue weighted by atomic mass is 10.1. The van der Waals surface area contributed by atoms with Crippen molar-refractivity contribution in [1.82, 2.24) is 0 Å². The SMILES string of the molecule is C=CC(=O)Oc1cccc([Si]c2cccc(C)c2C)c1. The van der Waals surface area contributed by atoms with Crippen LogP contribution in [0.2, 0.25) is 0 Å². The van der Waals surface area contributed by atoms with Gasteiger partial charge in [-0.1, -0.05) is 47.3 Å². The molecule has 2 aromatic rings. The van der Waals surface area contributed by atoms with E-state index in [9.17, 15) is 4.79 Å². The van der Waals surface area contributed by atoms with E-state index in [2.05, 4.69) is 38.6 Å². The first-order valence-electron chi connectivity index (χ1n) is 6.37. The minimum absolute atomic E-state index is 0.433. The second kappa shape index (κ2) is 6.35. The molecule has 2 radical (unpaired) electrons. The van der Waals surface area contributed by atoms with Crippen molar-refractivity contribution in [1.29, 1.82) is 0 Å². The Balaban J connectivity index is 2.21. The van der Waals surface area contributed by atoms with E-state index < -0.39 is 5.97 Å². The quantitative estimate of drug-likeness (QED) is 0.371. The molecule has 3 heteroatoms. The van der Waals surface area contributed by atoms with Crippen LogP contribution in [0.1, 0.15) is 11.1 Å². The molecule has 0 spiro atoms. The predicted octanol–water partition coefficient (Wildman–Crippen LogP) is 2.05. The first-order valence-corrected chi connectivity index (χ1v) is 7.37. The summed E-state index contributed by atoms with van der Waals surface area (Å²) in [6.45, 7) is 7.65. The number of hydrogen-bond acceptors (Lipinski definition) is 2. The molecule has 0 fully saturated rings. The molecule has 2 nitrogen and oxygen atoms in total. The fraction of sp³-hybridized carbons (Fsp3) is 0.118. The number of esters is 1. The largest absolute Gasteiger partial charge is 0.423 e. The van der Waals surface area contributed by atoms with Crippen LogP contribution in [0.3, 0.4) is 0 Å². The molecule has 0 saturated carbocycles. The van der Waals surface area contributed by atoms with Crippen LogP contribution in [0, 0.1) is 13.8 Å². The summed E-state index contributed by atoms with van der Waals surface area (Å²) in [6.07, 6.45) is 1.17. The van der Waals surface area contributed by atoms with Crippen LogP contribution in [-0.2, 0) is 4.79 Å². The van der Waals surface area contributed by atoms with Gasteiger partial charge in [-0.25, -0.2) is 4.79 Å². The fourth-order valence-electron chi connectivity index (χ4n) is 1.84. The topological polar surface area (TPSA) is 26.3 Å². The summed E-state index contributed by atoms with van der Waals surface area (Å²) in [6, 6.07) is 14.0. The van der Waals surface area contributed by atoms with E-state index in [0.29, 0.717) is 15.3 Å². The maximum absolute atomic E-state index is 11.2. The molecule has 0 bridgehead atoms. The van der Waals surface area contributed by atoms with Gasteiger partial charge < -0.3 is 4.74 Å². The van der Waals surface area contributed by atoms with E-state index in [1.54, 1.807) is 6.07 Å². The standard InChI is InChI=1S/C17H16O2Si/c1-4-17(18)19-14-8-6-9-15(11-14)20-16-10-5-7-12(2)13(16)3/h4-11H,1H2,2-3H3. The van der Waals surface area contributed by atoms with Crippen LogP contribution >= 0.6 is 0 Å². The minimum Gasteiger partial charge on any atom is -0.423 e. The Labute approximate surface area is 121 Å². The van der Waals surface area contributed by atoms with E-state index in [1.165, 1.54) is 22.4 Å². The smallest absolute Gasteiger partial charge is 0.335 e. The molecule has 100 valence electrons. The van der Waals surface area contributed by atoms with Gasteiger partial charge in [0.05, 0.1) is 0 Å². The Morgan fingerprint density at radius 2 is 1.95 bits per heavy atom. The summed E-state index contributed by atoms with van der Waals surface area (Å²) in [5.74, 6) is 0.127. The first-order chi connectivity index (χ1) is 9.60. The fourth-order valence-corrected chi connectivity index (χ4v) is 3.11. The third kappa shape index (κ3) is 3.45. The molecule has 0 N–H and O–H groups in total. The van der Waals surface area contributed by atoms with E-state index in [0.717, 1.165) is 5.19 Å². The average Bonchev–Trinajstić information content (AvgIpc) is 2.44. The van der Waals surface area contributed by atoms with Crippen molar-refractivity contribution in [2.24, 2.45) is 0 Å². The lowest BCUT2D eigenvalue weighted by Crippen LogP contribution is -2.29. The number of hydrogen-bond donors (Lipinski definition) is 0. The van der Waals surface area contributed by atoms with Crippen LogP contribution in [0.5, 0.6) is 5.75 Å². The Morgan fingerprint density at radius 3 is 2.70 bits per heavy atom. The maximum atomic E-state index is 11.2. The van der Waals surface area contributed by atoms with Crippen molar-refractivity contribution in [2.75, 3.05) is 0 Å². The molecule has 0 unspecified atom stereocenters. The lowest BCUT2D eigenvalue weighted by Gasteiger charge is -2.08. The molecule has 0 aliphatic carbocycles. The van der Waals surface area contributed by atoms with Crippen LogP contribution in [0.4, 0.5) is 0 Å². The zero-order chi connectivity index (χ0) is 14.5. The second-order valence-electron chi connectivity index (χ2n) is 4.53. The van der Waals surface area contributed by atoms with Crippen molar-refractivity contribution in [2.45, 2.75) is 13.8 Å². The third-order valence-electron chi connectivity index (χ3n) is 3.10. The van der Waals surface area contributed by atoms with Crippen LogP contribution in [-0.4, -0.2) is 15.5 Å². The van der Waals surface area contributed by atoms with E-state index in [1.807, 2.05) is 18.2 Å². The zero-order valence-corrected chi connectivity index (χ0v) is 12.6. The maximum Gasteiger partial charge on any atom is 0.335 e. The lowest BCUT2D eigenvalue weighted by molar-refractivity contribution is -0.128. The van der Waals surface area contributed by atoms with Crippen molar-refractivity contribution >= 4 is 25.9 Å². The van der Waals surface area contributed by atoms with Gasteiger partial charge in [0.15, 0.2) is 0 Å². The molecule has 20 heavy (non-hydrogen) atoms. The predicted molar refractivity (Wildman–Crippen MR) is 83.2 cm³/mol. The van der Waals surface area contributed by atoms with Gasteiger partial charge in [0.2, 0.25) is 0 Å². The van der Waals surface area contributed by atoms with Gasteiger partial charge in [-0.2, -0.15) is 0 Å².